The van der Waals surface area contributed by atoms with Gasteiger partial charge in [0.25, 0.3) is 0 Å². The van der Waals surface area contributed by atoms with Gasteiger partial charge >= 0.3 is 0 Å². The van der Waals surface area contributed by atoms with Crippen LogP contribution in [0.25, 0.3) is 0 Å². The van der Waals surface area contributed by atoms with Crippen LogP contribution in [0, 0.1) is 0 Å². The summed E-state index contributed by atoms with van der Waals surface area (Å²) in [5.74, 6) is 0. The molecule has 64 valence electrons. The lowest BCUT2D eigenvalue weighted by atomic mass is 10.2. The highest BCUT2D eigenvalue weighted by Gasteiger charge is 1.90. The van der Waals surface area contributed by atoms with Gasteiger partial charge in [0.15, 0.2) is 0 Å². The van der Waals surface area contributed by atoms with E-state index in [0.717, 1.165) is 0 Å². The first kappa shape index (κ1) is 8.79. The van der Waals surface area contributed by atoms with E-state index in [1.807, 2.05) is 0 Å². The lowest BCUT2D eigenvalue weighted by Crippen LogP contribution is -2.16. The van der Waals surface area contributed by atoms with E-state index in [1.165, 1.54) is 51.6 Å². The zero-order valence-electron chi connectivity index (χ0n) is 7.31. The Kier molecular flexibility index (Phi) is 5.13. The number of hydrogen-bond donors (Lipinski definition) is 1. The Morgan fingerprint density at radius 3 is 1.82 bits per heavy atom. The summed E-state index contributed by atoms with van der Waals surface area (Å²) in [6.07, 6.45) is 12.6. The molecule has 0 atom stereocenters. The largest absolute Gasteiger partial charge is 0.317 e. The standard InChI is InChI=1S/C10H19N/c1-2-4-6-8-10-11-9-7-5-3-1/h1-2,11H,3-10H2/b2-1+. The lowest BCUT2D eigenvalue weighted by molar-refractivity contribution is 0.599. The molecule has 0 spiro atoms. The van der Waals surface area contributed by atoms with Gasteiger partial charge in [0, 0.05) is 0 Å². The third-order valence-corrected chi connectivity index (χ3v) is 2.12. The molecule has 11 heavy (non-hydrogen) atoms. The van der Waals surface area contributed by atoms with Crippen LogP contribution in [0.15, 0.2) is 12.2 Å². The monoisotopic (exact) mass is 153 g/mol. The predicted molar refractivity (Wildman–Crippen MR) is 49.7 cm³/mol. The van der Waals surface area contributed by atoms with E-state index < -0.39 is 0 Å². The molecule has 0 aromatic rings. The number of rotatable bonds is 0. The van der Waals surface area contributed by atoms with Crippen molar-refractivity contribution < 1.29 is 0 Å². The normalized spacial score (nSPS) is 25.5. The maximum atomic E-state index is 3.46. The second kappa shape index (κ2) is 6.41. The van der Waals surface area contributed by atoms with E-state index in [-0.39, 0.29) is 0 Å². The van der Waals surface area contributed by atoms with Gasteiger partial charge in [0.2, 0.25) is 0 Å². The molecule has 0 amide bonds. The fraction of sp³-hybridized carbons (Fsp3) is 0.800. The molecule has 0 fully saturated rings. The zero-order chi connectivity index (χ0) is 7.78. The van der Waals surface area contributed by atoms with Crippen LogP contribution in [-0.2, 0) is 0 Å². The smallest absolute Gasteiger partial charge is 0.00488 e. The van der Waals surface area contributed by atoms with Gasteiger partial charge in [0.05, 0.1) is 0 Å². The third-order valence-electron chi connectivity index (χ3n) is 2.12. The van der Waals surface area contributed by atoms with Crippen LogP contribution in [-0.4, -0.2) is 13.1 Å². The van der Waals surface area contributed by atoms with Crippen molar-refractivity contribution in [3.8, 4) is 0 Å². The van der Waals surface area contributed by atoms with Crippen LogP contribution < -0.4 is 5.32 Å². The summed E-state index contributed by atoms with van der Waals surface area (Å²) in [5, 5.41) is 3.46. The van der Waals surface area contributed by atoms with E-state index in [4.69, 9.17) is 0 Å². The average Bonchev–Trinajstić information content (AvgIpc) is 2.08. The maximum absolute atomic E-state index is 3.46. The molecule has 0 bridgehead atoms. The van der Waals surface area contributed by atoms with Crippen molar-refractivity contribution in [2.24, 2.45) is 0 Å². The molecule has 0 saturated heterocycles. The Hall–Kier alpha value is -0.300. The molecule has 0 saturated carbocycles. The van der Waals surface area contributed by atoms with Gasteiger partial charge in [0.1, 0.15) is 0 Å². The molecular weight excluding hydrogens is 134 g/mol. The van der Waals surface area contributed by atoms with Crippen LogP contribution >= 0.6 is 0 Å². The first-order valence-electron chi connectivity index (χ1n) is 4.86. The van der Waals surface area contributed by atoms with Crippen molar-refractivity contribution in [2.75, 3.05) is 13.1 Å². The molecular formula is C10H19N. The maximum Gasteiger partial charge on any atom is -0.00488 e. The SMILES string of the molecule is C1=C/CCCCNCCCC/1. The van der Waals surface area contributed by atoms with E-state index in [2.05, 4.69) is 17.5 Å². The Bertz CT molecular complexity index is 95.4. The molecule has 0 unspecified atom stereocenters. The van der Waals surface area contributed by atoms with Crippen LogP contribution in [0.2, 0.25) is 0 Å². The first-order valence-corrected chi connectivity index (χ1v) is 4.86. The van der Waals surface area contributed by atoms with Gasteiger partial charge in [-0.3, -0.25) is 0 Å². The van der Waals surface area contributed by atoms with Crippen molar-refractivity contribution in [1.82, 2.24) is 5.32 Å². The molecule has 0 radical (unpaired) electrons. The Morgan fingerprint density at radius 1 is 0.727 bits per heavy atom. The molecule has 1 aliphatic heterocycles. The highest BCUT2D eigenvalue weighted by atomic mass is 14.8. The van der Waals surface area contributed by atoms with Crippen molar-refractivity contribution in [3.63, 3.8) is 0 Å². The van der Waals surface area contributed by atoms with E-state index >= 15 is 0 Å². The van der Waals surface area contributed by atoms with Gasteiger partial charge in [-0.25, -0.2) is 0 Å². The Labute approximate surface area is 69.9 Å². The van der Waals surface area contributed by atoms with Gasteiger partial charge in [-0.15, -0.1) is 0 Å². The van der Waals surface area contributed by atoms with Crippen molar-refractivity contribution in [1.29, 1.82) is 0 Å². The lowest BCUT2D eigenvalue weighted by Gasteiger charge is -2.01. The summed E-state index contributed by atoms with van der Waals surface area (Å²) in [6, 6.07) is 0. The van der Waals surface area contributed by atoms with Crippen molar-refractivity contribution in [2.45, 2.75) is 38.5 Å². The Balaban J connectivity index is 2.11. The average molecular weight is 153 g/mol. The summed E-state index contributed by atoms with van der Waals surface area (Å²) in [5.41, 5.74) is 0. The minimum absolute atomic E-state index is 1.22. The summed E-state index contributed by atoms with van der Waals surface area (Å²) >= 11 is 0. The van der Waals surface area contributed by atoms with Gasteiger partial charge in [-0.05, 0) is 51.6 Å². The van der Waals surface area contributed by atoms with Gasteiger partial charge in [-0.2, -0.15) is 0 Å². The van der Waals surface area contributed by atoms with Crippen molar-refractivity contribution >= 4 is 0 Å². The number of hydrogen-bond acceptors (Lipinski definition) is 1. The van der Waals surface area contributed by atoms with Crippen LogP contribution in [0.4, 0.5) is 0 Å². The topological polar surface area (TPSA) is 12.0 Å². The quantitative estimate of drug-likeness (QED) is 0.527. The molecule has 1 heterocycles. The molecule has 1 aliphatic rings. The van der Waals surface area contributed by atoms with Gasteiger partial charge in [-0.1, -0.05) is 12.2 Å². The van der Waals surface area contributed by atoms with Crippen LogP contribution in [0.5, 0.6) is 0 Å². The summed E-state index contributed by atoms with van der Waals surface area (Å²) in [4.78, 5) is 0. The molecule has 0 aliphatic carbocycles. The summed E-state index contributed by atoms with van der Waals surface area (Å²) in [7, 11) is 0. The molecule has 0 aromatic heterocycles. The fourth-order valence-corrected chi connectivity index (χ4v) is 1.39. The first-order chi connectivity index (χ1) is 5.50. The number of nitrogens with one attached hydrogen (secondary N) is 1. The van der Waals surface area contributed by atoms with Crippen LogP contribution in [0.1, 0.15) is 38.5 Å². The second-order valence-electron chi connectivity index (χ2n) is 3.21. The van der Waals surface area contributed by atoms with Gasteiger partial charge < -0.3 is 5.32 Å². The summed E-state index contributed by atoms with van der Waals surface area (Å²) in [6.45, 7) is 2.43. The molecule has 1 N–H and O–H groups in total. The molecule has 1 heteroatoms. The fourth-order valence-electron chi connectivity index (χ4n) is 1.39. The highest BCUT2D eigenvalue weighted by molar-refractivity contribution is 4.81. The Morgan fingerprint density at radius 2 is 1.27 bits per heavy atom. The second-order valence-corrected chi connectivity index (χ2v) is 3.21. The van der Waals surface area contributed by atoms with Crippen LogP contribution in [0.3, 0.4) is 0 Å². The minimum Gasteiger partial charge on any atom is -0.317 e. The minimum atomic E-state index is 1.22. The predicted octanol–water partition coefficient (Wildman–Crippen LogP) is 2.49. The van der Waals surface area contributed by atoms with E-state index in [1.54, 1.807) is 0 Å². The van der Waals surface area contributed by atoms with E-state index in [0.29, 0.717) is 0 Å². The van der Waals surface area contributed by atoms with Crippen molar-refractivity contribution in [3.05, 3.63) is 12.2 Å². The third kappa shape index (κ3) is 5.02. The molecule has 1 rings (SSSR count). The zero-order valence-corrected chi connectivity index (χ0v) is 7.31. The number of allylic oxidation sites excluding steroid dienone is 2. The summed E-state index contributed by atoms with van der Waals surface area (Å²) < 4.78 is 0. The highest BCUT2D eigenvalue weighted by Crippen LogP contribution is 2.01. The van der Waals surface area contributed by atoms with E-state index in [9.17, 15) is 0 Å². The molecule has 0 aromatic carbocycles. The molecule has 1 nitrogen and oxygen atoms in total.